The monoisotopic (exact) mass is 371 g/mol. The summed E-state index contributed by atoms with van der Waals surface area (Å²) in [6, 6.07) is 3.86. The number of hydrogen-bond donors (Lipinski definition) is 0. The van der Waals surface area contributed by atoms with E-state index in [-0.39, 0.29) is 18.0 Å². The Bertz CT molecular complexity index is 591. The van der Waals surface area contributed by atoms with Gasteiger partial charge in [0.2, 0.25) is 10.0 Å². The predicted molar refractivity (Wildman–Crippen MR) is 85.1 cm³/mol. The zero-order valence-electron chi connectivity index (χ0n) is 12.9. The molecule has 23 heavy (non-hydrogen) atoms. The van der Waals surface area contributed by atoms with E-state index in [9.17, 15) is 21.6 Å². The van der Waals surface area contributed by atoms with Gasteiger partial charge in [-0.15, -0.1) is 11.6 Å². The molecule has 0 amide bonds. The van der Waals surface area contributed by atoms with E-state index in [0.717, 1.165) is 31.4 Å². The molecule has 0 saturated heterocycles. The predicted octanol–water partition coefficient (Wildman–Crippen LogP) is 4.52. The van der Waals surface area contributed by atoms with Crippen molar-refractivity contribution in [1.82, 2.24) is 4.31 Å². The number of benzene rings is 1. The Morgan fingerprint density at radius 1 is 1.13 bits per heavy atom. The highest BCUT2D eigenvalue weighted by molar-refractivity contribution is 7.89. The van der Waals surface area contributed by atoms with Crippen LogP contribution in [0.1, 0.15) is 38.2 Å². The number of hydrogen-bond acceptors (Lipinski definition) is 2. The van der Waals surface area contributed by atoms with Gasteiger partial charge < -0.3 is 0 Å². The lowest BCUT2D eigenvalue weighted by atomic mass is 10.2. The molecule has 0 bridgehead atoms. The molecule has 0 spiro atoms. The van der Waals surface area contributed by atoms with Gasteiger partial charge in [-0.05, 0) is 31.0 Å². The molecule has 0 aliphatic heterocycles. The van der Waals surface area contributed by atoms with Crippen molar-refractivity contribution in [2.75, 3.05) is 19.0 Å². The lowest BCUT2D eigenvalue weighted by molar-refractivity contribution is -0.137. The highest BCUT2D eigenvalue weighted by atomic mass is 35.5. The van der Waals surface area contributed by atoms with E-state index in [1.807, 2.05) is 0 Å². The second-order valence-corrected chi connectivity index (χ2v) is 7.44. The number of alkyl halides is 4. The molecule has 0 aliphatic carbocycles. The molecule has 0 aromatic heterocycles. The summed E-state index contributed by atoms with van der Waals surface area (Å²) >= 11 is 5.58. The van der Waals surface area contributed by atoms with Crippen molar-refractivity contribution in [3.8, 4) is 0 Å². The first-order valence-electron chi connectivity index (χ1n) is 7.47. The third-order valence-electron chi connectivity index (χ3n) is 3.44. The lowest BCUT2D eigenvalue weighted by Crippen LogP contribution is -2.32. The van der Waals surface area contributed by atoms with E-state index >= 15 is 0 Å². The van der Waals surface area contributed by atoms with Crippen molar-refractivity contribution in [3.05, 3.63) is 29.8 Å². The number of nitrogens with zero attached hydrogens (tertiary/aromatic N) is 1. The van der Waals surface area contributed by atoms with Gasteiger partial charge in [-0.1, -0.05) is 25.8 Å². The Morgan fingerprint density at radius 2 is 1.78 bits per heavy atom. The smallest absolute Gasteiger partial charge is 0.207 e. The fraction of sp³-hybridized carbons (Fsp3) is 0.600. The number of unbranched alkanes of at least 4 members (excludes halogenated alkanes) is 3. The quantitative estimate of drug-likeness (QED) is 0.473. The molecule has 0 fully saturated rings. The molecule has 132 valence electrons. The average molecular weight is 372 g/mol. The second-order valence-electron chi connectivity index (χ2n) is 5.13. The van der Waals surface area contributed by atoms with Gasteiger partial charge in [-0.2, -0.15) is 17.5 Å². The Hall–Kier alpha value is -0.790. The molecule has 0 saturated carbocycles. The van der Waals surface area contributed by atoms with E-state index < -0.39 is 21.8 Å². The van der Waals surface area contributed by atoms with Crippen LogP contribution < -0.4 is 0 Å². The minimum absolute atomic E-state index is 0.216. The fourth-order valence-corrected chi connectivity index (χ4v) is 3.89. The van der Waals surface area contributed by atoms with E-state index in [2.05, 4.69) is 0 Å². The molecule has 1 rings (SSSR count). The second kappa shape index (κ2) is 8.89. The van der Waals surface area contributed by atoms with Crippen LogP contribution in [-0.4, -0.2) is 31.7 Å². The topological polar surface area (TPSA) is 37.4 Å². The fourth-order valence-electron chi connectivity index (χ4n) is 2.17. The van der Waals surface area contributed by atoms with Crippen LogP contribution in [0.15, 0.2) is 29.2 Å². The van der Waals surface area contributed by atoms with Crippen molar-refractivity contribution in [1.29, 1.82) is 0 Å². The van der Waals surface area contributed by atoms with E-state index in [1.165, 1.54) is 10.4 Å². The zero-order valence-corrected chi connectivity index (χ0v) is 14.5. The van der Waals surface area contributed by atoms with Crippen molar-refractivity contribution in [2.24, 2.45) is 0 Å². The summed E-state index contributed by atoms with van der Waals surface area (Å²) in [7, 11) is -3.92. The summed E-state index contributed by atoms with van der Waals surface area (Å²) in [5.41, 5.74) is -0.961. The van der Waals surface area contributed by atoms with Crippen LogP contribution >= 0.6 is 11.6 Å². The van der Waals surface area contributed by atoms with Gasteiger partial charge in [-0.25, -0.2) is 8.42 Å². The van der Waals surface area contributed by atoms with Crippen LogP contribution in [-0.2, 0) is 16.2 Å². The summed E-state index contributed by atoms with van der Waals surface area (Å²) in [4.78, 5) is -0.324. The van der Waals surface area contributed by atoms with Crippen LogP contribution in [0.25, 0.3) is 0 Å². The summed E-state index contributed by atoms with van der Waals surface area (Å²) < 4.78 is 64.4. The van der Waals surface area contributed by atoms with Crippen LogP contribution in [0, 0.1) is 0 Å². The molecule has 1 aromatic rings. The highest BCUT2D eigenvalue weighted by Gasteiger charge is 2.32. The molecule has 0 N–H and O–H groups in total. The summed E-state index contributed by atoms with van der Waals surface area (Å²) in [6.07, 6.45) is -1.30. The van der Waals surface area contributed by atoms with Crippen LogP contribution in [0.2, 0.25) is 0 Å². The molecule has 0 radical (unpaired) electrons. The maximum Gasteiger partial charge on any atom is 0.416 e. The SMILES string of the molecule is CCN(CCCCCCCl)S(=O)(=O)c1cccc(C(F)(F)F)c1. The Labute approximate surface area is 140 Å². The van der Waals surface area contributed by atoms with Gasteiger partial charge in [0.05, 0.1) is 10.5 Å². The minimum atomic E-state index is -4.57. The largest absolute Gasteiger partial charge is 0.416 e. The summed E-state index contributed by atoms with van der Waals surface area (Å²) in [5.74, 6) is 0.569. The van der Waals surface area contributed by atoms with Gasteiger partial charge in [0.1, 0.15) is 0 Å². The number of rotatable bonds is 9. The zero-order chi connectivity index (χ0) is 17.5. The summed E-state index contributed by atoms with van der Waals surface area (Å²) in [6.45, 7) is 2.18. The van der Waals surface area contributed by atoms with Gasteiger partial charge in [0.25, 0.3) is 0 Å². The first-order chi connectivity index (χ1) is 10.7. The normalized spacial score (nSPS) is 12.8. The maximum atomic E-state index is 12.7. The van der Waals surface area contributed by atoms with Crippen molar-refractivity contribution in [2.45, 2.75) is 43.7 Å². The molecule has 0 aliphatic rings. The van der Waals surface area contributed by atoms with E-state index in [1.54, 1.807) is 6.92 Å². The van der Waals surface area contributed by atoms with Gasteiger partial charge >= 0.3 is 6.18 Å². The molecular formula is C15H21ClF3NO2S. The molecule has 0 unspecified atom stereocenters. The van der Waals surface area contributed by atoms with Gasteiger partial charge in [-0.3, -0.25) is 0 Å². The Kier molecular flexibility index (Phi) is 7.83. The Balaban J connectivity index is 2.86. The third kappa shape index (κ3) is 5.97. The molecule has 0 heterocycles. The standard InChI is InChI=1S/C15H21ClF3NO2S/c1-2-20(11-6-4-3-5-10-16)23(21,22)14-9-7-8-13(12-14)15(17,18)19/h7-9,12H,2-6,10-11H2,1H3. The lowest BCUT2D eigenvalue weighted by Gasteiger charge is -2.21. The average Bonchev–Trinajstić information content (AvgIpc) is 2.50. The molecule has 8 heteroatoms. The van der Waals surface area contributed by atoms with Crippen molar-refractivity contribution >= 4 is 21.6 Å². The molecule has 1 aromatic carbocycles. The molecule has 0 atom stereocenters. The van der Waals surface area contributed by atoms with Crippen molar-refractivity contribution in [3.63, 3.8) is 0 Å². The number of sulfonamides is 1. The Morgan fingerprint density at radius 3 is 2.35 bits per heavy atom. The van der Waals surface area contributed by atoms with Crippen molar-refractivity contribution < 1.29 is 21.6 Å². The maximum absolute atomic E-state index is 12.7. The van der Waals surface area contributed by atoms with Crippen LogP contribution in [0.4, 0.5) is 13.2 Å². The summed E-state index contributed by atoms with van der Waals surface area (Å²) in [5, 5.41) is 0. The first-order valence-corrected chi connectivity index (χ1v) is 9.44. The van der Waals surface area contributed by atoms with Crippen LogP contribution in [0.5, 0.6) is 0 Å². The minimum Gasteiger partial charge on any atom is -0.207 e. The van der Waals surface area contributed by atoms with Gasteiger partial charge in [0.15, 0.2) is 0 Å². The first kappa shape index (κ1) is 20.3. The molecule has 3 nitrogen and oxygen atoms in total. The third-order valence-corrected chi connectivity index (χ3v) is 5.68. The van der Waals surface area contributed by atoms with Gasteiger partial charge in [0, 0.05) is 19.0 Å². The molecular weight excluding hydrogens is 351 g/mol. The van der Waals surface area contributed by atoms with E-state index in [4.69, 9.17) is 11.6 Å². The van der Waals surface area contributed by atoms with E-state index in [0.29, 0.717) is 18.4 Å². The number of halogens is 4. The highest BCUT2D eigenvalue weighted by Crippen LogP contribution is 2.31. The van der Waals surface area contributed by atoms with Crippen LogP contribution in [0.3, 0.4) is 0 Å².